The Labute approximate surface area is 213 Å². The maximum atomic E-state index is 4.95. The predicted octanol–water partition coefficient (Wildman–Crippen LogP) is 5.04. The van der Waals surface area contributed by atoms with Crippen molar-refractivity contribution in [3.63, 3.8) is 0 Å². The van der Waals surface area contributed by atoms with Gasteiger partial charge in [-0.1, -0.05) is 12.5 Å². The van der Waals surface area contributed by atoms with Crippen molar-refractivity contribution in [3.05, 3.63) is 72.7 Å². The molecule has 37 heavy (non-hydrogen) atoms. The van der Waals surface area contributed by atoms with Crippen LogP contribution in [0, 0.1) is 6.92 Å². The highest BCUT2D eigenvalue weighted by Gasteiger charge is 2.17. The minimum atomic E-state index is 0.708. The number of nitrogens with zero attached hydrogens (tertiary/aromatic N) is 7. The predicted molar refractivity (Wildman–Crippen MR) is 143 cm³/mol. The summed E-state index contributed by atoms with van der Waals surface area (Å²) in [6.07, 6.45) is 13.4. The zero-order valence-electron chi connectivity index (χ0n) is 20.6. The van der Waals surface area contributed by atoms with Gasteiger partial charge in [0.1, 0.15) is 11.2 Å². The van der Waals surface area contributed by atoms with E-state index >= 15 is 0 Å². The van der Waals surface area contributed by atoms with Gasteiger partial charge in [-0.05, 0) is 62.7 Å². The third-order valence-electron chi connectivity index (χ3n) is 7.10. The smallest absolute Gasteiger partial charge is 0.159 e. The number of benzene rings is 1. The van der Waals surface area contributed by atoms with Crippen molar-refractivity contribution in [2.45, 2.75) is 32.7 Å². The Bertz CT molecular complexity index is 1720. The van der Waals surface area contributed by atoms with Gasteiger partial charge in [0.05, 0.1) is 40.6 Å². The van der Waals surface area contributed by atoms with Gasteiger partial charge in [0.15, 0.2) is 5.82 Å². The maximum Gasteiger partial charge on any atom is 0.159 e. The molecule has 0 bridgehead atoms. The quantitative estimate of drug-likeness (QED) is 0.351. The second-order valence-corrected chi connectivity index (χ2v) is 9.79. The van der Waals surface area contributed by atoms with Gasteiger partial charge < -0.3 is 9.55 Å². The van der Waals surface area contributed by atoms with Gasteiger partial charge >= 0.3 is 0 Å². The fourth-order valence-corrected chi connectivity index (χ4v) is 5.24. The van der Waals surface area contributed by atoms with Crippen molar-refractivity contribution in [2.75, 3.05) is 13.1 Å². The lowest BCUT2D eigenvalue weighted by Gasteiger charge is -2.26. The van der Waals surface area contributed by atoms with Crippen molar-refractivity contribution >= 4 is 21.9 Å². The molecule has 1 aromatic carbocycles. The maximum absolute atomic E-state index is 4.95. The van der Waals surface area contributed by atoms with Crippen LogP contribution in [0.1, 0.15) is 30.5 Å². The number of fused-ring (bicyclic) bond motifs is 2. The summed E-state index contributed by atoms with van der Waals surface area (Å²) in [5.41, 5.74) is 8.46. The number of aromatic amines is 2. The van der Waals surface area contributed by atoms with Crippen LogP contribution in [-0.2, 0) is 6.54 Å². The average Bonchev–Trinajstić information content (AvgIpc) is 3.66. The van der Waals surface area contributed by atoms with Crippen molar-refractivity contribution in [3.8, 4) is 28.5 Å². The van der Waals surface area contributed by atoms with Crippen LogP contribution >= 0.6 is 0 Å². The molecular weight excluding hydrogens is 462 g/mol. The SMILES string of the molecule is Cc1cn(-c2cccc3[nH]c(-c4n[nH]c5cnc(-c6cncc(CN7CCCCC7)c6)cc45)nc23)cn1. The zero-order valence-corrected chi connectivity index (χ0v) is 20.6. The van der Waals surface area contributed by atoms with Gasteiger partial charge in [-0.3, -0.25) is 20.0 Å². The number of hydrogen-bond acceptors (Lipinski definition) is 6. The Balaban J connectivity index is 1.26. The highest BCUT2D eigenvalue weighted by molar-refractivity contribution is 5.95. The van der Waals surface area contributed by atoms with E-state index in [2.05, 4.69) is 42.2 Å². The summed E-state index contributed by atoms with van der Waals surface area (Å²) in [7, 11) is 0. The molecule has 7 rings (SSSR count). The van der Waals surface area contributed by atoms with Crippen molar-refractivity contribution < 1.29 is 0 Å². The number of aromatic nitrogens is 8. The molecule has 0 atom stereocenters. The Kier molecular flexibility index (Phi) is 5.28. The summed E-state index contributed by atoms with van der Waals surface area (Å²) >= 11 is 0. The number of hydrogen-bond donors (Lipinski definition) is 2. The van der Waals surface area contributed by atoms with Crippen LogP contribution in [0.4, 0.5) is 0 Å². The summed E-state index contributed by atoms with van der Waals surface area (Å²) < 4.78 is 2.00. The fourth-order valence-electron chi connectivity index (χ4n) is 5.24. The summed E-state index contributed by atoms with van der Waals surface area (Å²) in [5, 5.41) is 8.68. The number of imidazole rings is 2. The molecule has 1 aliphatic heterocycles. The van der Waals surface area contributed by atoms with Crippen LogP contribution < -0.4 is 0 Å². The minimum Gasteiger partial charge on any atom is -0.336 e. The molecule has 6 aromatic rings. The number of nitrogens with one attached hydrogen (secondary N) is 2. The molecule has 184 valence electrons. The number of pyridine rings is 2. The molecule has 1 saturated heterocycles. The van der Waals surface area contributed by atoms with E-state index in [0.717, 1.165) is 69.9 Å². The zero-order chi connectivity index (χ0) is 24.8. The number of rotatable bonds is 5. The van der Waals surface area contributed by atoms with Gasteiger partial charge in [0.25, 0.3) is 0 Å². The Morgan fingerprint density at radius 2 is 1.89 bits per heavy atom. The molecule has 0 amide bonds. The molecule has 9 nitrogen and oxygen atoms in total. The summed E-state index contributed by atoms with van der Waals surface area (Å²) in [4.78, 5) is 24.5. The largest absolute Gasteiger partial charge is 0.336 e. The first-order chi connectivity index (χ1) is 18.2. The van der Waals surface area contributed by atoms with Gasteiger partial charge in [-0.25, -0.2) is 9.97 Å². The van der Waals surface area contributed by atoms with Gasteiger partial charge in [-0.15, -0.1) is 0 Å². The standard InChI is InChI=1S/C28H27N9/c1-18-15-37(17-31-18)25-7-5-6-22-27(25)33-28(32-22)26-21-11-23(30-14-24(21)34-35-26)20-10-19(12-29-13-20)16-36-8-3-2-4-9-36/h5-7,10-15,17H,2-4,8-9,16H2,1H3,(H,32,33)(H,34,35). The van der Waals surface area contributed by atoms with E-state index in [1.54, 1.807) is 0 Å². The van der Waals surface area contributed by atoms with Gasteiger partial charge in [0.2, 0.25) is 0 Å². The van der Waals surface area contributed by atoms with Crippen LogP contribution in [0.3, 0.4) is 0 Å². The molecule has 0 spiro atoms. The van der Waals surface area contributed by atoms with Crippen molar-refractivity contribution in [1.82, 2.24) is 44.6 Å². The van der Waals surface area contributed by atoms with E-state index in [1.807, 2.05) is 60.8 Å². The highest BCUT2D eigenvalue weighted by atomic mass is 15.1. The lowest BCUT2D eigenvalue weighted by molar-refractivity contribution is 0.220. The van der Waals surface area contributed by atoms with Crippen molar-refractivity contribution in [1.29, 1.82) is 0 Å². The molecule has 0 unspecified atom stereocenters. The fraction of sp³-hybridized carbons (Fsp3) is 0.250. The normalized spacial score (nSPS) is 14.6. The van der Waals surface area contributed by atoms with Crippen LogP contribution in [-0.4, -0.2) is 57.7 Å². The van der Waals surface area contributed by atoms with E-state index in [9.17, 15) is 0 Å². The number of aryl methyl sites for hydroxylation is 1. The summed E-state index contributed by atoms with van der Waals surface area (Å²) in [6.45, 7) is 5.23. The molecule has 1 fully saturated rings. The van der Waals surface area contributed by atoms with Gasteiger partial charge in [-0.2, -0.15) is 5.10 Å². The molecule has 0 saturated carbocycles. The lowest BCUT2D eigenvalue weighted by Crippen LogP contribution is -2.29. The first kappa shape index (κ1) is 21.9. The second-order valence-electron chi connectivity index (χ2n) is 9.79. The monoisotopic (exact) mass is 489 g/mol. The molecule has 1 aliphatic rings. The number of para-hydroxylation sites is 1. The third-order valence-corrected chi connectivity index (χ3v) is 7.10. The highest BCUT2D eigenvalue weighted by Crippen LogP contribution is 2.30. The van der Waals surface area contributed by atoms with Crippen LogP contribution in [0.2, 0.25) is 0 Å². The summed E-state index contributed by atoms with van der Waals surface area (Å²) in [6, 6.07) is 10.4. The topological polar surface area (TPSA) is 104 Å². The molecule has 9 heteroatoms. The van der Waals surface area contributed by atoms with E-state index in [-0.39, 0.29) is 0 Å². The number of piperidine rings is 1. The first-order valence-corrected chi connectivity index (χ1v) is 12.7. The lowest BCUT2D eigenvalue weighted by atomic mass is 10.1. The second kappa shape index (κ2) is 8.94. The van der Waals surface area contributed by atoms with E-state index < -0.39 is 0 Å². The Hall–Kier alpha value is -4.37. The summed E-state index contributed by atoms with van der Waals surface area (Å²) in [5.74, 6) is 0.708. The van der Waals surface area contributed by atoms with Gasteiger partial charge in [0, 0.05) is 36.1 Å². The third kappa shape index (κ3) is 4.07. The molecule has 0 aliphatic carbocycles. The van der Waals surface area contributed by atoms with E-state index in [0.29, 0.717) is 5.82 Å². The van der Waals surface area contributed by atoms with Crippen LogP contribution in [0.25, 0.3) is 50.4 Å². The molecule has 6 heterocycles. The van der Waals surface area contributed by atoms with E-state index in [1.165, 1.54) is 24.8 Å². The number of likely N-dealkylation sites (tertiary alicyclic amines) is 1. The van der Waals surface area contributed by atoms with Crippen LogP contribution in [0.5, 0.6) is 0 Å². The molecular formula is C28H27N9. The van der Waals surface area contributed by atoms with Crippen LogP contribution in [0.15, 0.2) is 61.4 Å². The van der Waals surface area contributed by atoms with Crippen molar-refractivity contribution in [2.24, 2.45) is 0 Å². The number of H-pyrrole nitrogens is 2. The Morgan fingerprint density at radius 3 is 2.76 bits per heavy atom. The molecule has 2 N–H and O–H groups in total. The molecule has 5 aromatic heterocycles. The average molecular weight is 490 g/mol. The molecule has 0 radical (unpaired) electrons. The van der Waals surface area contributed by atoms with E-state index in [4.69, 9.17) is 9.97 Å². The first-order valence-electron chi connectivity index (χ1n) is 12.7. The minimum absolute atomic E-state index is 0.708. The Morgan fingerprint density at radius 1 is 0.973 bits per heavy atom.